The number of phenolic OH excluding ortho intramolecular Hbond substituents is 1. The molecule has 2 aromatic rings. The number of rotatable bonds is 3. The van der Waals surface area contributed by atoms with Crippen LogP contribution in [0.1, 0.15) is 18.5 Å². The Labute approximate surface area is 104 Å². The van der Waals surface area contributed by atoms with Gasteiger partial charge in [-0.2, -0.15) is 0 Å². The second-order valence-corrected chi connectivity index (χ2v) is 4.08. The quantitative estimate of drug-likeness (QED) is 0.866. The maximum atomic E-state index is 13.0. The predicted molar refractivity (Wildman–Crippen MR) is 66.5 cm³/mol. The van der Waals surface area contributed by atoms with E-state index < -0.39 is 5.82 Å². The summed E-state index contributed by atoms with van der Waals surface area (Å²) < 4.78 is 25.9. The number of nitrogens with one attached hydrogen (secondary N) is 1. The highest BCUT2D eigenvalue weighted by Crippen LogP contribution is 2.27. The zero-order chi connectivity index (χ0) is 13.1. The van der Waals surface area contributed by atoms with Gasteiger partial charge in [0.1, 0.15) is 17.4 Å². The summed E-state index contributed by atoms with van der Waals surface area (Å²) in [6.07, 6.45) is 0. The molecule has 2 aromatic carbocycles. The molecule has 1 unspecified atom stereocenters. The largest absolute Gasteiger partial charge is 0.507 e. The fourth-order valence-corrected chi connectivity index (χ4v) is 1.79. The van der Waals surface area contributed by atoms with Crippen LogP contribution in [-0.2, 0) is 0 Å². The Hall–Kier alpha value is -2.10. The molecule has 0 radical (unpaired) electrons. The van der Waals surface area contributed by atoms with Crippen molar-refractivity contribution in [3.05, 3.63) is 59.7 Å². The van der Waals surface area contributed by atoms with Crippen LogP contribution >= 0.6 is 0 Å². The van der Waals surface area contributed by atoms with E-state index >= 15 is 0 Å². The average molecular weight is 249 g/mol. The summed E-state index contributed by atoms with van der Waals surface area (Å²) in [5, 5.41) is 12.7. The van der Waals surface area contributed by atoms with Crippen LogP contribution < -0.4 is 5.32 Å². The van der Waals surface area contributed by atoms with Gasteiger partial charge in [0, 0.05) is 17.3 Å². The Morgan fingerprint density at radius 2 is 1.78 bits per heavy atom. The molecule has 0 heterocycles. The first-order valence-corrected chi connectivity index (χ1v) is 5.57. The van der Waals surface area contributed by atoms with Gasteiger partial charge in [-0.3, -0.25) is 0 Å². The van der Waals surface area contributed by atoms with Gasteiger partial charge in [-0.05, 0) is 31.2 Å². The van der Waals surface area contributed by atoms with Crippen LogP contribution in [0.2, 0.25) is 0 Å². The molecule has 0 aromatic heterocycles. The van der Waals surface area contributed by atoms with Crippen LogP contribution in [0.25, 0.3) is 0 Å². The summed E-state index contributed by atoms with van der Waals surface area (Å²) in [4.78, 5) is 0. The van der Waals surface area contributed by atoms with E-state index in [2.05, 4.69) is 5.32 Å². The highest BCUT2D eigenvalue weighted by Gasteiger charge is 2.11. The third-order valence-electron chi connectivity index (χ3n) is 2.67. The lowest BCUT2D eigenvalue weighted by Gasteiger charge is -2.17. The second-order valence-electron chi connectivity index (χ2n) is 4.08. The van der Waals surface area contributed by atoms with Crippen LogP contribution in [0.4, 0.5) is 14.5 Å². The molecule has 0 bridgehead atoms. The van der Waals surface area contributed by atoms with Crippen LogP contribution in [0.15, 0.2) is 42.5 Å². The Kier molecular flexibility index (Phi) is 3.46. The molecule has 2 N–H and O–H groups in total. The molecule has 0 fully saturated rings. The number of benzene rings is 2. The fraction of sp³-hybridized carbons (Fsp3) is 0.143. The highest BCUT2D eigenvalue weighted by atomic mass is 19.1. The molecule has 0 amide bonds. The monoisotopic (exact) mass is 249 g/mol. The van der Waals surface area contributed by atoms with Gasteiger partial charge in [-0.1, -0.05) is 12.1 Å². The minimum absolute atomic E-state index is 0.119. The molecule has 0 saturated carbocycles. The smallest absolute Gasteiger partial charge is 0.126 e. The number of hydrogen-bond acceptors (Lipinski definition) is 2. The van der Waals surface area contributed by atoms with Crippen LogP contribution in [0.3, 0.4) is 0 Å². The van der Waals surface area contributed by atoms with Gasteiger partial charge in [0.15, 0.2) is 0 Å². The van der Waals surface area contributed by atoms with E-state index in [4.69, 9.17) is 0 Å². The first kappa shape index (κ1) is 12.4. The first-order valence-electron chi connectivity index (χ1n) is 5.57. The lowest BCUT2D eigenvalue weighted by molar-refractivity contribution is 0.459. The van der Waals surface area contributed by atoms with Gasteiger partial charge >= 0.3 is 0 Å². The Balaban J connectivity index is 2.19. The van der Waals surface area contributed by atoms with E-state index in [9.17, 15) is 13.9 Å². The van der Waals surface area contributed by atoms with Crippen molar-refractivity contribution in [1.29, 1.82) is 0 Å². The number of halogens is 2. The van der Waals surface area contributed by atoms with Crippen molar-refractivity contribution in [2.45, 2.75) is 13.0 Å². The van der Waals surface area contributed by atoms with Crippen LogP contribution in [0.5, 0.6) is 5.75 Å². The SMILES string of the molecule is CC(Nc1cccc(F)c1)c1ccc(F)cc1O. The fourth-order valence-electron chi connectivity index (χ4n) is 1.79. The molecule has 0 saturated heterocycles. The lowest BCUT2D eigenvalue weighted by atomic mass is 10.1. The van der Waals surface area contributed by atoms with Crippen molar-refractivity contribution in [2.24, 2.45) is 0 Å². The summed E-state index contributed by atoms with van der Waals surface area (Å²) in [6, 6.07) is 9.60. The number of phenols is 1. The van der Waals surface area contributed by atoms with Gasteiger partial charge in [0.05, 0.1) is 6.04 Å². The molecule has 0 aliphatic heterocycles. The van der Waals surface area contributed by atoms with E-state index in [0.29, 0.717) is 11.3 Å². The second kappa shape index (κ2) is 5.04. The molecular formula is C14H13F2NO. The van der Waals surface area contributed by atoms with Gasteiger partial charge < -0.3 is 10.4 Å². The van der Waals surface area contributed by atoms with Crippen molar-refractivity contribution >= 4 is 5.69 Å². The summed E-state index contributed by atoms with van der Waals surface area (Å²) in [7, 11) is 0. The van der Waals surface area contributed by atoms with Crippen molar-refractivity contribution in [1.82, 2.24) is 0 Å². The van der Waals surface area contributed by atoms with E-state index in [1.165, 1.54) is 24.3 Å². The Morgan fingerprint density at radius 3 is 2.44 bits per heavy atom. The molecule has 2 nitrogen and oxygen atoms in total. The van der Waals surface area contributed by atoms with E-state index in [0.717, 1.165) is 6.07 Å². The van der Waals surface area contributed by atoms with Crippen molar-refractivity contribution < 1.29 is 13.9 Å². The maximum Gasteiger partial charge on any atom is 0.126 e. The van der Waals surface area contributed by atoms with Crippen molar-refractivity contribution in [3.63, 3.8) is 0 Å². The number of aromatic hydroxyl groups is 1. The molecule has 18 heavy (non-hydrogen) atoms. The summed E-state index contributed by atoms with van der Waals surface area (Å²) in [5.74, 6) is -0.948. The Morgan fingerprint density at radius 1 is 1.06 bits per heavy atom. The van der Waals surface area contributed by atoms with Crippen LogP contribution in [-0.4, -0.2) is 5.11 Å². The topological polar surface area (TPSA) is 32.3 Å². The minimum atomic E-state index is -0.491. The van der Waals surface area contributed by atoms with E-state index in [1.807, 2.05) is 0 Å². The lowest BCUT2D eigenvalue weighted by Crippen LogP contribution is -2.07. The van der Waals surface area contributed by atoms with Crippen molar-refractivity contribution in [2.75, 3.05) is 5.32 Å². The highest BCUT2D eigenvalue weighted by molar-refractivity contribution is 5.47. The van der Waals surface area contributed by atoms with Gasteiger partial charge in [-0.25, -0.2) is 8.78 Å². The van der Waals surface area contributed by atoms with Crippen molar-refractivity contribution in [3.8, 4) is 5.75 Å². The summed E-state index contributed by atoms with van der Waals surface area (Å²) in [5.41, 5.74) is 1.16. The molecule has 4 heteroatoms. The third-order valence-corrected chi connectivity index (χ3v) is 2.67. The van der Waals surface area contributed by atoms with E-state index in [-0.39, 0.29) is 17.6 Å². The summed E-state index contributed by atoms with van der Waals surface area (Å²) >= 11 is 0. The zero-order valence-corrected chi connectivity index (χ0v) is 9.82. The van der Waals surface area contributed by atoms with Gasteiger partial charge in [-0.15, -0.1) is 0 Å². The molecular weight excluding hydrogens is 236 g/mol. The number of anilines is 1. The third kappa shape index (κ3) is 2.77. The molecule has 94 valence electrons. The standard InChI is InChI=1S/C14H13F2NO/c1-9(13-6-5-11(16)8-14(13)18)17-12-4-2-3-10(15)7-12/h2-9,17-18H,1H3. The van der Waals surface area contributed by atoms with E-state index in [1.54, 1.807) is 19.1 Å². The molecule has 0 spiro atoms. The Bertz CT molecular complexity index is 557. The molecule has 1 atom stereocenters. The molecule has 2 rings (SSSR count). The number of hydrogen-bond donors (Lipinski definition) is 2. The first-order chi connectivity index (χ1) is 8.56. The zero-order valence-electron chi connectivity index (χ0n) is 9.82. The molecule has 0 aliphatic carbocycles. The van der Waals surface area contributed by atoms with Crippen LogP contribution in [0, 0.1) is 11.6 Å². The van der Waals surface area contributed by atoms with Gasteiger partial charge in [0.25, 0.3) is 0 Å². The normalized spacial score (nSPS) is 12.2. The average Bonchev–Trinajstić information content (AvgIpc) is 2.28. The predicted octanol–water partition coefficient (Wildman–Crippen LogP) is 3.84. The minimum Gasteiger partial charge on any atom is -0.507 e. The van der Waals surface area contributed by atoms with Gasteiger partial charge in [0.2, 0.25) is 0 Å². The maximum absolute atomic E-state index is 13.0. The molecule has 0 aliphatic rings. The summed E-state index contributed by atoms with van der Waals surface area (Å²) in [6.45, 7) is 1.80.